The number of aromatic nitrogens is 12. The van der Waals surface area contributed by atoms with Crippen molar-refractivity contribution in [1.29, 1.82) is 0 Å². The van der Waals surface area contributed by atoms with E-state index in [1.54, 1.807) is 0 Å². The standard InChI is InChI=1S/C35H47F2N15O23P4/c1-49-11-52(27-18(49)29(57)48-35(40)46-27)30-19(53)12(3-4-67-33(36)37)13(71-30)5-69-77(60,61)74-79(64,65)75-78(62,63)70-7-15-23(22(66-2)32(73-15)50-9-43-16-24(38)41-8-42-25(16)50)76(58,59)68-6-14-20(54)21(55)31(72-14)51-10-44-17-26(51)45-34(39)47-28(17)56/h8-15,19-23,30-33,53-55H,3-7H2,1-2H3,(H11-,38,39,40,41,42,45,46,47,48,56,57,58,59,60,61,62,63,64,65)/p+1/t12-,13-,14-,15-,19-,20-,21-,22-,23-,30-,31-,32-/m1/s1. The number of hydrogen-bond donors (Lipinski definition) is 12. The molecule has 79 heavy (non-hydrogen) atoms. The van der Waals surface area contributed by atoms with Crippen molar-refractivity contribution in [2.45, 2.75) is 80.1 Å². The molecule has 0 amide bonds. The molecule has 9 rings (SSSR count). The normalized spacial score (nSPS) is 29.6. The summed E-state index contributed by atoms with van der Waals surface area (Å²) in [6.45, 7) is -7.41. The van der Waals surface area contributed by atoms with E-state index in [0.29, 0.717) is 0 Å². The average Bonchev–Trinajstić information content (AvgIpc) is 4.43. The Kier molecular flexibility index (Phi) is 16.4. The van der Waals surface area contributed by atoms with Crippen LogP contribution in [0.25, 0.3) is 33.5 Å². The molecule has 0 spiro atoms. The molecule has 16 atom stereocenters. The van der Waals surface area contributed by atoms with Crippen LogP contribution in [0.2, 0.25) is 0 Å². The zero-order valence-corrected chi connectivity index (χ0v) is 43.8. The molecule has 0 saturated carbocycles. The third kappa shape index (κ3) is 11.9. The first-order valence-electron chi connectivity index (χ1n) is 22.6. The van der Waals surface area contributed by atoms with E-state index in [1.165, 1.54) is 22.5 Å². The van der Waals surface area contributed by atoms with Crippen LogP contribution < -0.4 is 32.9 Å². The molecule has 3 aliphatic heterocycles. The summed E-state index contributed by atoms with van der Waals surface area (Å²) in [5.41, 5.74) is 13.3. The van der Waals surface area contributed by atoms with Gasteiger partial charge in [-0.25, -0.2) is 38.2 Å². The summed E-state index contributed by atoms with van der Waals surface area (Å²) < 4.78 is 136. The second-order valence-electron chi connectivity index (χ2n) is 17.6. The number of fused-ring (bicyclic) bond motifs is 3. The minimum absolute atomic E-state index is 0.0190. The van der Waals surface area contributed by atoms with Gasteiger partial charge in [0.15, 0.2) is 41.4 Å². The molecule has 3 fully saturated rings. The zero-order valence-electron chi connectivity index (χ0n) is 40.3. The number of aliphatic hydroxyl groups is 3. The zero-order chi connectivity index (χ0) is 57.3. The first-order chi connectivity index (χ1) is 37.1. The molecule has 434 valence electrons. The van der Waals surface area contributed by atoms with E-state index in [-0.39, 0.29) is 51.2 Å². The number of aryl methyl sites for hydroxylation is 1. The number of phosphoric acid groups is 3. The lowest BCUT2D eigenvalue weighted by atomic mass is 9.95. The van der Waals surface area contributed by atoms with Crippen LogP contribution in [0, 0.1) is 5.92 Å². The Morgan fingerprint density at radius 3 is 2.03 bits per heavy atom. The van der Waals surface area contributed by atoms with Crippen molar-refractivity contribution in [3.8, 4) is 0 Å². The molecule has 0 aromatic carbocycles. The molecule has 4 unspecified atom stereocenters. The first kappa shape index (κ1) is 58.4. The molecule has 15 N–H and O–H groups in total. The summed E-state index contributed by atoms with van der Waals surface area (Å²) in [6.07, 6.45) is -12.6. The molecular weight excluding hydrogens is 1160 g/mol. The number of nitrogens with zero attached hydrogens (tertiary/aromatic N) is 10. The van der Waals surface area contributed by atoms with Crippen molar-refractivity contribution in [3.05, 3.63) is 46.0 Å². The van der Waals surface area contributed by atoms with Crippen LogP contribution in [-0.2, 0) is 71.2 Å². The van der Waals surface area contributed by atoms with Gasteiger partial charge in [0, 0.05) is 13.0 Å². The molecule has 9 heterocycles. The number of nitrogens with two attached hydrogens (primary N) is 3. The van der Waals surface area contributed by atoms with Gasteiger partial charge in [0.25, 0.3) is 17.1 Å². The Morgan fingerprint density at radius 2 is 1.35 bits per heavy atom. The Hall–Kier alpha value is -5.25. The SMILES string of the molecule is CO[C@@H]1[C@H](P(=O)(O)OC[C@H]2O[C@@H](n3cnc4c(=O)[nH]c(N)nc43)[C@H](O)[C@@H]2O)[C@@H](COP(=O)(O)OP(=O)(O)OP(=O)(O)OC[C@H]2O[C@@H]([n+]3cn(C)c4c(=O)[nH]c(N)nc43)[C@H](O)[C@@H]2CCOC(F)F)O[C@H]1n1cnc2c(N)ncnc21. The van der Waals surface area contributed by atoms with Crippen LogP contribution in [0.3, 0.4) is 0 Å². The Morgan fingerprint density at radius 1 is 0.747 bits per heavy atom. The maximum atomic E-state index is 14.4. The second kappa shape index (κ2) is 22.2. The summed E-state index contributed by atoms with van der Waals surface area (Å²) in [5, 5.41) is 33.3. The fraction of sp³-hybridized carbons (Fsp3) is 0.571. The minimum atomic E-state index is -6.29. The van der Waals surface area contributed by atoms with Gasteiger partial charge in [-0.15, -0.1) is 0 Å². The number of halogens is 2. The van der Waals surface area contributed by atoms with Crippen molar-refractivity contribution in [1.82, 2.24) is 53.6 Å². The average molecular weight is 1210 g/mol. The lowest BCUT2D eigenvalue weighted by Crippen LogP contribution is -2.45. The number of hydrogen-bond acceptors (Lipinski definition) is 28. The number of rotatable bonds is 22. The van der Waals surface area contributed by atoms with Gasteiger partial charge < -0.3 is 80.3 Å². The van der Waals surface area contributed by atoms with E-state index in [9.17, 15) is 71.5 Å². The van der Waals surface area contributed by atoms with Gasteiger partial charge in [-0.1, -0.05) is 4.98 Å². The number of nitrogens with one attached hydrogen (secondary N) is 2. The quantitative estimate of drug-likeness (QED) is 0.0242. The molecule has 44 heteroatoms. The fourth-order valence-electron chi connectivity index (χ4n) is 9.23. The van der Waals surface area contributed by atoms with Gasteiger partial charge >= 0.3 is 43.3 Å². The van der Waals surface area contributed by atoms with Crippen LogP contribution in [0.15, 0.2) is 34.9 Å². The number of aliphatic hydroxyl groups excluding tert-OH is 3. The molecule has 6 aromatic rings. The minimum Gasteiger partial charge on any atom is -0.387 e. The van der Waals surface area contributed by atoms with Crippen LogP contribution in [-0.4, -0.2) is 177 Å². The number of ether oxygens (including phenoxy) is 5. The van der Waals surface area contributed by atoms with E-state index in [4.69, 9.17) is 49.7 Å². The first-order valence-corrected chi connectivity index (χ1v) is 28.7. The molecule has 0 radical (unpaired) electrons. The van der Waals surface area contributed by atoms with E-state index in [1.807, 2.05) is 0 Å². The third-order valence-electron chi connectivity index (χ3n) is 12.6. The van der Waals surface area contributed by atoms with Crippen LogP contribution in [0.4, 0.5) is 26.5 Å². The van der Waals surface area contributed by atoms with Crippen molar-refractivity contribution < 1.29 is 112 Å². The summed E-state index contributed by atoms with van der Waals surface area (Å²) in [6, 6.07) is 0. The fourth-order valence-corrected chi connectivity index (χ4v) is 14.5. The molecule has 0 bridgehead atoms. The van der Waals surface area contributed by atoms with Crippen molar-refractivity contribution in [2.75, 3.05) is 50.7 Å². The molecule has 6 aromatic heterocycles. The molecule has 3 saturated heterocycles. The highest BCUT2D eigenvalue weighted by atomic mass is 31.3. The largest absolute Gasteiger partial charge is 0.490 e. The lowest BCUT2D eigenvalue weighted by Gasteiger charge is -2.28. The van der Waals surface area contributed by atoms with Gasteiger partial charge in [-0.05, 0) is 6.42 Å². The Labute approximate surface area is 437 Å². The maximum absolute atomic E-state index is 14.4. The van der Waals surface area contributed by atoms with Gasteiger partial charge in [0.2, 0.25) is 17.7 Å². The number of imidazole rings is 3. The highest BCUT2D eigenvalue weighted by molar-refractivity contribution is 7.66. The number of aromatic amines is 2. The molecule has 3 aliphatic rings. The van der Waals surface area contributed by atoms with E-state index in [2.05, 4.69) is 53.2 Å². The second-order valence-corrected chi connectivity index (χ2v) is 24.2. The van der Waals surface area contributed by atoms with E-state index in [0.717, 1.165) is 35.2 Å². The topological polar surface area (TPSA) is 542 Å². The molecular formula is C35H48F2N15O23P4+. The predicted octanol–water partition coefficient (Wildman–Crippen LogP) is -2.76. The number of phosphoric ester groups is 2. The summed E-state index contributed by atoms with van der Waals surface area (Å²) >= 11 is 0. The van der Waals surface area contributed by atoms with Crippen LogP contribution in [0.5, 0.6) is 0 Å². The summed E-state index contributed by atoms with van der Waals surface area (Å²) in [4.78, 5) is 97.0. The van der Waals surface area contributed by atoms with Crippen LogP contribution in [0.1, 0.15) is 25.1 Å². The van der Waals surface area contributed by atoms with Gasteiger partial charge in [0.05, 0.1) is 52.2 Å². The maximum Gasteiger partial charge on any atom is 0.490 e. The molecule has 38 nitrogen and oxygen atoms in total. The Bertz CT molecular complexity index is 3570. The number of methoxy groups -OCH3 is 1. The highest BCUT2D eigenvalue weighted by Crippen LogP contribution is 2.68. The number of nitrogen functional groups attached to an aromatic ring is 3. The van der Waals surface area contributed by atoms with Crippen molar-refractivity contribution in [3.63, 3.8) is 0 Å². The van der Waals surface area contributed by atoms with E-state index < -0.39 is 155 Å². The van der Waals surface area contributed by atoms with Gasteiger partial charge in [-0.3, -0.25) is 46.9 Å². The Balaban J connectivity index is 0.891. The van der Waals surface area contributed by atoms with Crippen molar-refractivity contribution in [2.24, 2.45) is 13.0 Å². The van der Waals surface area contributed by atoms with E-state index >= 15 is 0 Å². The number of alkyl halides is 2. The molecule has 0 aliphatic carbocycles. The number of H-pyrrole nitrogens is 2. The predicted molar refractivity (Wildman–Crippen MR) is 252 cm³/mol. The highest BCUT2D eigenvalue weighted by Gasteiger charge is 2.58. The van der Waals surface area contributed by atoms with Gasteiger partial charge in [0.1, 0.15) is 54.1 Å². The monoisotopic (exact) mass is 1210 g/mol. The van der Waals surface area contributed by atoms with Crippen molar-refractivity contribution >= 4 is 82.3 Å². The van der Waals surface area contributed by atoms with Crippen LogP contribution >= 0.6 is 31.1 Å². The summed E-state index contributed by atoms with van der Waals surface area (Å²) in [7, 11) is -21.1. The smallest absolute Gasteiger partial charge is 0.387 e. The lowest BCUT2D eigenvalue weighted by molar-refractivity contribution is -0.745. The number of anilines is 3. The third-order valence-corrected chi connectivity index (χ3v) is 18.8. The summed E-state index contributed by atoms with van der Waals surface area (Å²) in [5.74, 6) is -2.06. The van der Waals surface area contributed by atoms with Gasteiger partial charge in [-0.2, -0.15) is 22.4 Å².